The smallest absolute Gasteiger partial charge is 0.236 e. The number of nitrogens with zero attached hydrogens (tertiary/aromatic N) is 1. The number of amides is 1. The SMILES string of the molecule is Cc1nc(NC(=O)C2(c3ccc4c(c3)OCO4)CC2)ccc1-c1ccccc1CO.[HH].[HH]. The van der Waals surface area contributed by atoms with E-state index < -0.39 is 5.41 Å². The number of ether oxygens (including phenoxy) is 2. The van der Waals surface area contributed by atoms with Gasteiger partial charge in [-0.3, -0.25) is 4.79 Å². The van der Waals surface area contributed by atoms with Crippen molar-refractivity contribution in [2.45, 2.75) is 31.8 Å². The highest BCUT2D eigenvalue weighted by Crippen LogP contribution is 2.51. The van der Waals surface area contributed by atoms with E-state index in [2.05, 4.69) is 10.3 Å². The topological polar surface area (TPSA) is 80.7 Å². The van der Waals surface area contributed by atoms with Crippen LogP contribution in [0.4, 0.5) is 5.82 Å². The molecule has 3 aromatic rings. The van der Waals surface area contributed by atoms with Crippen molar-refractivity contribution in [3.05, 3.63) is 71.4 Å². The molecule has 6 nitrogen and oxygen atoms in total. The summed E-state index contributed by atoms with van der Waals surface area (Å²) in [6.07, 6.45) is 1.58. The molecule has 1 amide bonds. The highest BCUT2D eigenvalue weighted by Gasteiger charge is 2.51. The molecule has 0 spiro atoms. The molecule has 2 aliphatic rings. The van der Waals surface area contributed by atoms with Gasteiger partial charge >= 0.3 is 0 Å². The van der Waals surface area contributed by atoms with E-state index in [1.54, 1.807) is 0 Å². The van der Waals surface area contributed by atoms with Gasteiger partial charge in [-0.05, 0) is 60.7 Å². The second-order valence-electron chi connectivity index (χ2n) is 7.75. The molecule has 5 rings (SSSR count). The lowest BCUT2D eigenvalue weighted by Crippen LogP contribution is -2.28. The lowest BCUT2D eigenvalue weighted by molar-refractivity contribution is -0.118. The predicted molar refractivity (Wildman–Crippen MR) is 117 cm³/mol. The van der Waals surface area contributed by atoms with Crippen LogP contribution in [-0.4, -0.2) is 22.8 Å². The number of aryl methyl sites for hydroxylation is 1. The Morgan fingerprint density at radius 2 is 1.90 bits per heavy atom. The Hall–Kier alpha value is -3.38. The number of anilines is 1. The number of pyridine rings is 1. The molecule has 156 valence electrons. The lowest BCUT2D eigenvalue weighted by atomic mass is 9.94. The van der Waals surface area contributed by atoms with E-state index in [1.165, 1.54) is 0 Å². The summed E-state index contributed by atoms with van der Waals surface area (Å²) in [6.45, 7) is 2.09. The van der Waals surface area contributed by atoms with Crippen LogP contribution in [0, 0.1) is 6.92 Å². The number of carbonyl (C=O) groups excluding carboxylic acids is 1. The second kappa shape index (κ2) is 7.15. The molecule has 2 N–H and O–H groups in total. The van der Waals surface area contributed by atoms with Crippen molar-refractivity contribution in [1.82, 2.24) is 4.98 Å². The van der Waals surface area contributed by atoms with Crippen LogP contribution in [-0.2, 0) is 16.8 Å². The Bertz CT molecular complexity index is 1150. The first-order chi connectivity index (χ1) is 14.6. The zero-order chi connectivity index (χ0) is 20.7. The highest BCUT2D eigenvalue weighted by atomic mass is 16.7. The van der Waals surface area contributed by atoms with Gasteiger partial charge in [0.2, 0.25) is 12.7 Å². The van der Waals surface area contributed by atoms with Crippen LogP contribution >= 0.6 is 0 Å². The van der Waals surface area contributed by atoms with Gasteiger partial charge in [-0.25, -0.2) is 4.98 Å². The van der Waals surface area contributed by atoms with Crippen LogP contribution in [0.1, 0.15) is 32.5 Å². The molecule has 0 atom stereocenters. The van der Waals surface area contributed by atoms with Crippen molar-refractivity contribution in [3.63, 3.8) is 0 Å². The number of benzene rings is 2. The normalized spacial score (nSPS) is 15.7. The van der Waals surface area contributed by atoms with Gasteiger partial charge in [-0.1, -0.05) is 30.3 Å². The van der Waals surface area contributed by atoms with Gasteiger partial charge in [0.25, 0.3) is 0 Å². The van der Waals surface area contributed by atoms with Crippen molar-refractivity contribution in [2.75, 3.05) is 12.1 Å². The van der Waals surface area contributed by atoms with Crippen LogP contribution < -0.4 is 14.8 Å². The van der Waals surface area contributed by atoms with Gasteiger partial charge in [0.1, 0.15) is 5.82 Å². The standard InChI is InChI=1S/C24H22N2O4.2H2/c1-15-18(19-5-3-2-4-16(19)13-27)7-9-22(25-15)26-23(28)24(10-11-24)17-6-8-20-21(12-17)30-14-29-20;;/h2-9,12,27H,10-11,13-14H2,1H3,(H,25,26,28);2*1H. The summed E-state index contributed by atoms with van der Waals surface area (Å²) in [5.41, 5.74) is 3.92. The summed E-state index contributed by atoms with van der Waals surface area (Å²) in [5, 5.41) is 12.6. The Kier molecular flexibility index (Phi) is 4.44. The van der Waals surface area contributed by atoms with Crippen LogP contribution in [0.5, 0.6) is 11.5 Å². The number of hydrogen-bond donors (Lipinski definition) is 2. The summed E-state index contributed by atoms with van der Waals surface area (Å²) < 4.78 is 10.8. The molecule has 1 aliphatic heterocycles. The van der Waals surface area contributed by atoms with Crippen molar-refractivity contribution < 1.29 is 22.2 Å². The third-order valence-electron chi connectivity index (χ3n) is 5.92. The van der Waals surface area contributed by atoms with Crippen molar-refractivity contribution in [1.29, 1.82) is 0 Å². The molecule has 1 aromatic heterocycles. The van der Waals surface area contributed by atoms with Crippen LogP contribution in [0.25, 0.3) is 11.1 Å². The quantitative estimate of drug-likeness (QED) is 0.655. The van der Waals surface area contributed by atoms with Crippen LogP contribution in [0.15, 0.2) is 54.6 Å². The first-order valence-electron chi connectivity index (χ1n) is 9.99. The van der Waals surface area contributed by atoms with Gasteiger partial charge in [0.05, 0.1) is 12.0 Å². The van der Waals surface area contributed by atoms with E-state index in [1.807, 2.05) is 61.5 Å². The molecule has 1 aliphatic carbocycles. The van der Waals surface area contributed by atoms with Crippen molar-refractivity contribution in [3.8, 4) is 22.6 Å². The number of fused-ring (bicyclic) bond motifs is 1. The monoisotopic (exact) mass is 406 g/mol. The van der Waals surface area contributed by atoms with Gasteiger partial charge in [-0.2, -0.15) is 0 Å². The summed E-state index contributed by atoms with van der Waals surface area (Å²) in [6, 6.07) is 17.1. The molecule has 30 heavy (non-hydrogen) atoms. The fraction of sp³-hybridized carbons (Fsp3) is 0.250. The van der Waals surface area contributed by atoms with E-state index >= 15 is 0 Å². The maximum atomic E-state index is 13.1. The number of aliphatic hydroxyl groups is 1. The Labute approximate surface area is 177 Å². The number of nitrogens with one attached hydrogen (secondary N) is 1. The van der Waals surface area contributed by atoms with Crippen LogP contribution in [0.3, 0.4) is 0 Å². The fourth-order valence-corrected chi connectivity index (χ4v) is 4.04. The van der Waals surface area contributed by atoms with E-state index in [4.69, 9.17) is 9.47 Å². The molecular weight excluding hydrogens is 380 g/mol. The van der Waals surface area contributed by atoms with E-state index in [9.17, 15) is 9.90 Å². The third kappa shape index (κ3) is 3.09. The average molecular weight is 406 g/mol. The molecule has 0 bridgehead atoms. The second-order valence-corrected chi connectivity index (χ2v) is 7.75. The molecule has 0 saturated heterocycles. The molecule has 1 fully saturated rings. The largest absolute Gasteiger partial charge is 0.454 e. The minimum absolute atomic E-state index is 0. The fourth-order valence-electron chi connectivity index (χ4n) is 4.04. The zero-order valence-electron chi connectivity index (χ0n) is 16.6. The molecule has 6 heteroatoms. The summed E-state index contributed by atoms with van der Waals surface area (Å²) >= 11 is 0. The maximum absolute atomic E-state index is 13.1. The lowest BCUT2D eigenvalue weighted by Gasteiger charge is -2.17. The number of aliphatic hydroxyl groups excluding tert-OH is 1. The molecule has 1 saturated carbocycles. The number of rotatable bonds is 5. The summed E-state index contributed by atoms with van der Waals surface area (Å²) in [4.78, 5) is 17.7. The van der Waals surface area contributed by atoms with Crippen molar-refractivity contribution in [2.24, 2.45) is 0 Å². The minimum Gasteiger partial charge on any atom is -0.454 e. The predicted octanol–water partition coefficient (Wildman–Crippen LogP) is 4.44. The maximum Gasteiger partial charge on any atom is 0.236 e. The average Bonchev–Trinajstić information content (AvgIpc) is 3.45. The Balaban J connectivity index is 0.00000144. The molecule has 0 radical (unpaired) electrons. The number of aromatic nitrogens is 1. The first kappa shape index (κ1) is 18.6. The van der Waals surface area contributed by atoms with E-state index in [0.29, 0.717) is 17.3 Å². The Morgan fingerprint density at radius 3 is 2.67 bits per heavy atom. The highest BCUT2D eigenvalue weighted by molar-refractivity contribution is 6.01. The molecule has 2 heterocycles. The van der Waals surface area contributed by atoms with Gasteiger partial charge < -0.3 is 19.9 Å². The third-order valence-corrected chi connectivity index (χ3v) is 5.92. The van der Waals surface area contributed by atoms with Crippen LogP contribution in [0.2, 0.25) is 0 Å². The zero-order valence-corrected chi connectivity index (χ0v) is 16.6. The Morgan fingerprint density at radius 1 is 1.10 bits per heavy atom. The van der Waals surface area contributed by atoms with Gasteiger partial charge in [-0.15, -0.1) is 0 Å². The molecule has 0 unspecified atom stereocenters. The van der Waals surface area contributed by atoms with E-state index in [-0.39, 0.29) is 22.2 Å². The van der Waals surface area contributed by atoms with Gasteiger partial charge in [0, 0.05) is 14.1 Å². The molecule has 2 aromatic carbocycles. The van der Waals surface area contributed by atoms with Crippen molar-refractivity contribution >= 4 is 11.7 Å². The summed E-state index contributed by atoms with van der Waals surface area (Å²) in [5.74, 6) is 1.87. The van der Waals surface area contributed by atoms with Gasteiger partial charge in [0.15, 0.2) is 11.5 Å². The number of hydrogen-bond acceptors (Lipinski definition) is 5. The minimum atomic E-state index is -0.543. The molecular formula is C24H26N2O4. The number of carbonyl (C=O) groups is 1. The first-order valence-corrected chi connectivity index (χ1v) is 9.99. The summed E-state index contributed by atoms with van der Waals surface area (Å²) in [7, 11) is 0. The van der Waals surface area contributed by atoms with E-state index in [0.717, 1.165) is 40.8 Å².